The molecule has 1 aliphatic heterocycles. The molecule has 0 spiro atoms. The summed E-state index contributed by atoms with van der Waals surface area (Å²) in [6.07, 6.45) is -0.237. The molecule has 7 nitrogen and oxygen atoms in total. The standard InChI is InChI=1S/C26H24Br2N2O5/c1-32-21-4-2-3-5-22(21)33-11-10-30-13-17(34-15-24(30)31)14-35-23-9-8-20-25(26(23)28)18-12-16(27)6-7-19(18)29-20/h2-9,12,17,29H,10-11,13-15H2,1H3. The fourth-order valence-corrected chi connectivity index (χ4v) is 5.23. The molecule has 1 aliphatic rings. The number of rotatable bonds is 8. The Morgan fingerprint density at radius 1 is 1.03 bits per heavy atom. The molecular weight excluding hydrogens is 580 g/mol. The molecule has 5 rings (SSSR count). The summed E-state index contributed by atoms with van der Waals surface area (Å²) in [5, 5.41) is 2.17. The summed E-state index contributed by atoms with van der Waals surface area (Å²) in [4.78, 5) is 17.6. The number of aromatic amines is 1. The first-order valence-electron chi connectivity index (χ1n) is 11.2. The Labute approximate surface area is 219 Å². The van der Waals surface area contributed by atoms with Crippen LogP contribution in [0.3, 0.4) is 0 Å². The summed E-state index contributed by atoms with van der Waals surface area (Å²) >= 11 is 7.28. The number of carbonyl (C=O) groups excluding carboxylic acids is 1. The molecule has 0 aliphatic carbocycles. The second-order valence-electron chi connectivity index (χ2n) is 8.20. The fraction of sp³-hybridized carbons (Fsp3) is 0.269. The van der Waals surface area contributed by atoms with Gasteiger partial charge in [0.05, 0.1) is 24.7 Å². The molecule has 1 amide bonds. The molecule has 3 aromatic carbocycles. The van der Waals surface area contributed by atoms with Crippen molar-refractivity contribution >= 4 is 59.6 Å². The van der Waals surface area contributed by atoms with Crippen molar-refractivity contribution in [1.82, 2.24) is 9.88 Å². The van der Waals surface area contributed by atoms with E-state index in [1.165, 1.54) is 0 Å². The van der Waals surface area contributed by atoms with Gasteiger partial charge in [0.2, 0.25) is 5.91 Å². The van der Waals surface area contributed by atoms with Gasteiger partial charge < -0.3 is 28.8 Å². The Bertz CT molecular complexity index is 1370. The number of H-pyrrole nitrogens is 1. The number of methoxy groups -OCH3 is 1. The van der Waals surface area contributed by atoms with Gasteiger partial charge in [0, 0.05) is 26.3 Å². The predicted octanol–water partition coefficient (Wildman–Crippen LogP) is 5.54. The number of ether oxygens (including phenoxy) is 4. The van der Waals surface area contributed by atoms with Crippen LogP contribution in [0.2, 0.25) is 0 Å². The first-order valence-corrected chi connectivity index (χ1v) is 12.8. The molecule has 0 saturated carbocycles. The van der Waals surface area contributed by atoms with E-state index in [9.17, 15) is 4.79 Å². The average Bonchev–Trinajstić information content (AvgIpc) is 3.24. The maximum Gasteiger partial charge on any atom is 0.248 e. The van der Waals surface area contributed by atoms with Gasteiger partial charge >= 0.3 is 0 Å². The van der Waals surface area contributed by atoms with E-state index >= 15 is 0 Å². The normalized spacial score (nSPS) is 16.1. The average molecular weight is 604 g/mol. The van der Waals surface area contributed by atoms with E-state index in [0.29, 0.717) is 37.8 Å². The van der Waals surface area contributed by atoms with Gasteiger partial charge in [-0.05, 0) is 58.4 Å². The van der Waals surface area contributed by atoms with Crippen LogP contribution < -0.4 is 14.2 Å². The molecule has 2 heterocycles. The van der Waals surface area contributed by atoms with Gasteiger partial charge in [0.25, 0.3) is 0 Å². The Kier molecular flexibility index (Phi) is 7.17. The first-order chi connectivity index (χ1) is 17.0. The summed E-state index contributed by atoms with van der Waals surface area (Å²) in [6, 6.07) is 17.5. The summed E-state index contributed by atoms with van der Waals surface area (Å²) in [7, 11) is 1.60. The summed E-state index contributed by atoms with van der Waals surface area (Å²) in [5.41, 5.74) is 2.08. The van der Waals surface area contributed by atoms with Crippen molar-refractivity contribution in [1.29, 1.82) is 0 Å². The van der Waals surface area contributed by atoms with E-state index in [0.717, 1.165) is 36.5 Å². The largest absolute Gasteiger partial charge is 0.493 e. The third-order valence-corrected chi connectivity index (χ3v) is 7.24. The van der Waals surface area contributed by atoms with Crippen LogP contribution in [0.4, 0.5) is 0 Å². The molecular formula is C26H24Br2N2O5. The van der Waals surface area contributed by atoms with Crippen molar-refractivity contribution in [3.63, 3.8) is 0 Å². The molecule has 182 valence electrons. The number of fused-ring (bicyclic) bond motifs is 3. The maximum atomic E-state index is 12.4. The van der Waals surface area contributed by atoms with Crippen molar-refractivity contribution in [2.24, 2.45) is 0 Å². The monoisotopic (exact) mass is 602 g/mol. The van der Waals surface area contributed by atoms with Crippen molar-refractivity contribution in [2.45, 2.75) is 6.10 Å². The van der Waals surface area contributed by atoms with Crippen LogP contribution in [-0.4, -0.2) is 61.9 Å². The fourth-order valence-electron chi connectivity index (χ4n) is 4.20. The van der Waals surface area contributed by atoms with E-state index in [2.05, 4.69) is 42.9 Å². The van der Waals surface area contributed by atoms with Crippen molar-refractivity contribution in [2.75, 3.05) is 40.0 Å². The highest BCUT2D eigenvalue weighted by Crippen LogP contribution is 2.38. The Morgan fingerprint density at radius 3 is 2.66 bits per heavy atom. The van der Waals surface area contributed by atoms with Gasteiger partial charge in [-0.1, -0.05) is 28.1 Å². The van der Waals surface area contributed by atoms with Gasteiger partial charge in [-0.3, -0.25) is 4.79 Å². The van der Waals surface area contributed by atoms with Gasteiger partial charge in [0.15, 0.2) is 11.5 Å². The van der Waals surface area contributed by atoms with Crippen LogP contribution in [0, 0.1) is 0 Å². The van der Waals surface area contributed by atoms with Gasteiger partial charge in [-0.2, -0.15) is 0 Å². The zero-order valence-corrected chi connectivity index (χ0v) is 22.2. The highest BCUT2D eigenvalue weighted by atomic mass is 79.9. The second kappa shape index (κ2) is 10.5. The van der Waals surface area contributed by atoms with Crippen LogP contribution >= 0.6 is 31.9 Å². The van der Waals surface area contributed by atoms with Gasteiger partial charge in [-0.25, -0.2) is 0 Å². The number of carbonyl (C=O) groups is 1. The lowest BCUT2D eigenvalue weighted by atomic mass is 10.1. The van der Waals surface area contributed by atoms with E-state index in [4.69, 9.17) is 18.9 Å². The maximum absolute atomic E-state index is 12.4. The number of amides is 1. The molecule has 35 heavy (non-hydrogen) atoms. The Balaban J connectivity index is 1.22. The molecule has 1 fully saturated rings. The highest BCUT2D eigenvalue weighted by molar-refractivity contribution is 9.11. The summed E-state index contributed by atoms with van der Waals surface area (Å²) < 4.78 is 24.9. The zero-order valence-electron chi connectivity index (χ0n) is 19.1. The van der Waals surface area contributed by atoms with Gasteiger partial charge in [-0.15, -0.1) is 0 Å². The lowest BCUT2D eigenvalue weighted by molar-refractivity contribution is -0.151. The number of aromatic nitrogens is 1. The van der Waals surface area contributed by atoms with Crippen LogP contribution in [0.25, 0.3) is 21.8 Å². The molecule has 1 aromatic heterocycles. The minimum absolute atomic E-state index is 0.0271. The quantitative estimate of drug-likeness (QED) is 0.286. The van der Waals surface area contributed by atoms with Crippen LogP contribution in [0.15, 0.2) is 63.5 Å². The molecule has 1 unspecified atom stereocenters. The summed E-state index contributed by atoms with van der Waals surface area (Å²) in [6.45, 7) is 1.61. The first kappa shape index (κ1) is 24.0. The van der Waals surface area contributed by atoms with Crippen LogP contribution in [-0.2, 0) is 9.53 Å². The van der Waals surface area contributed by atoms with Crippen molar-refractivity contribution < 1.29 is 23.7 Å². The molecule has 0 radical (unpaired) electrons. The zero-order chi connectivity index (χ0) is 24.4. The number of nitrogens with one attached hydrogen (secondary N) is 1. The number of nitrogens with zero attached hydrogens (tertiary/aromatic N) is 1. The minimum atomic E-state index is -0.237. The molecule has 0 bridgehead atoms. The topological polar surface area (TPSA) is 73.0 Å². The van der Waals surface area contributed by atoms with Crippen molar-refractivity contribution in [3.8, 4) is 17.2 Å². The number of benzene rings is 3. The number of morpholine rings is 1. The SMILES string of the molecule is COc1ccccc1OCCN1CC(COc2ccc3[nH]c4ccc(Br)cc4c3c2Br)OCC1=O. The predicted molar refractivity (Wildman–Crippen MR) is 142 cm³/mol. The number of hydrogen-bond acceptors (Lipinski definition) is 5. The molecule has 1 atom stereocenters. The van der Waals surface area contributed by atoms with Crippen molar-refractivity contribution in [3.05, 3.63) is 63.5 Å². The van der Waals surface area contributed by atoms with Gasteiger partial charge in [0.1, 0.15) is 31.7 Å². The third kappa shape index (κ3) is 5.12. The molecule has 1 saturated heterocycles. The molecule has 9 heteroatoms. The van der Waals surface area contributed by atoms with E-state index in [-0.39, 0.29) is 18.6 Å². The lowest BCUT2D eigenvalue weighted by Crippen LogP contribution is -2.49. The van der Waals surface area contributed by atoms with E-state index < -0.39 is 0 Å². The van der Waals surface area contributed by atoms with E-state index in [1.807, 2.05) is 48.5 Å². The second-order valence-corrected chi connectivity index (χ2v) is 9.91. The molecule has 1 N–H and O–H groups in total. The van der Waals surface area contributed by atoms with Crippen LogP contribution in [0.5, 0.6) is 17.2 Å². The molecule has 4 aromatic rings. The number of hydrogen-bond donors (Lipinski definition) is 1. The lowest BCUT2D eigenvalue weighted by Gasteiger charge is -2.32. The Morgan fingerprint density at radius 2 is 1.83 bits per heavy atom. The Hall–Kier alpha value is -2.75. The summed E-state index contributed by atoms with van der Waals surface area (Å²) in [5.74, 6) is 1.99. The highest BCUT2D eigenvalue weighted by Gasteiger charge is 2.27. The minimum Gasteiger partial charge on any atom is -0.493 e. The number of para-hydroxylation sites is 2. The van der Waals surface area contributed by atoms with Crippen LogP contribution in [0.1, 0.15) is 0 Å². The van der Waals surface area contributed by atoms with E-state index in [1.54, 1.807) is 12.0 Å². The number of halogens is 2. The third-order valence-electron chi connectivity index (χ3n) is 5.96. The smallest absolute Gasteiger partial charge is 0.248 e.